The Hall–Kier alpha value is -12.9. The molecule has 0 N–H and O–H groups in total. The molecular weight excluding hydrogens is 1720 g/mol. The van der Waals surface area contributed by atoms with Crippen molar-refractivity contribution in [3.63, 3.8) is 0 Å². The molecule has 0 spiro atoms. The average Bonchev–Trinajstić information content (AvgIpc) is 1.75. The van der Waals surface area contributed by atoms with Crippen molar-refractivity contribution in [2.24, 2.45) is 56.4 Å². The van der Waals surface area contributed by atoms with Crippen molar-refractivity contribution in [1.82, 2.24) is 36.5 Å². The van der Waals surface area contributed by atoms with Gasteiger partial charge in [0.05, 0.1) is 56.4 Å². The third kappa shape index (κ3) is 42.3. The molecule has 8 aromatic carbocycles. The van der Waals surface area contributed by atoms with E-state index in [-0.39, 0.29) is 0 Å². The highest BCUT2D eigenvalue weighted by Crippen LogP contribution is 2.28. The van der Waals surface area contributed by atoms with Gasteiger partial charge in [-0.25, -0.2) is 73.1 Å². The summed E-state index contributed by atoms with van der Waals surface area (Å²) >= 11 is 0. The number of imidazole rings is 8. The number of halogens is 4. The van der Waals surface area contributed by atoms with Crippen LogP contribution in [0.15, 0.2) is 392 Å². The standard InChI is InChI=1S/8C13H17N2.4BFO2/c8*1-3-13(12-7-5-4-6-8-12)15-10-9-14(2)11-15;4*2-1(3)4/h8*4-11,13H,3H2,1-2H3;;;;/q8*+1;4*-2. The maximum Gasteiger partial charge on any atom is 0.244 e. The molecule has 136 heavy (non-hydrogen) atoms. The van der Waals surface area contributed by atoms with Gasteiger partial charge >= 0.3 is 0 Å². The van der Waals surface area contributed by atoms with Crippen molar-refractivity contribution in [2.75, 3.05) is 0 Å². The van der Waals surface area contributed by atoms with E-state index in [1.54, 1.807) is 0 Å². The third-order valence-electron chi connectivity index (χ3n) is 21.8. The molecule has 0 saturated heterocycles. The maximum atomic E-state index is 9.89. The van der Waals surface area contributed by atoms with Gasteiger partial charge in [0.2, 0.25) is 50.6 Å². The summed E-state index contributed by atoms with van der Waals surface area (Å²) in [6.07, 6.45) is 59.5. The fraction of sp³-hybridized carbons (Fsp3) is 0.308. The number of benzene rings is 8. The number of hydrogen-bond donors (Lipinski definition) is 0. The van der Waals surface area contributed by atoms with Crippen LogP contribution in [-0.4, -0.2) is 66.1 Å². The molecule has 8 atom stereocenters. The zero-order valence-corrected chi connectivity index (χ0v) is 81.5. The number of aromatic nitrogens is 16. The summed E-state index contributed by atoms with van der Waals surface area (Å²) in [6, 6.07) is 88.7. The van der Waals surface area contributed by atoms with Gasteiger partial charge in [-0.05, 0) is 95.9 Å². The second-order valence-electron chi connectivity index (χ2n) is 32.0. The Morgan fingerprint density at radius 2 is 0.265 bits per heavy atom. The lowest BCUT2D eigenvalue weighted by molar-refractivity contribution is -0.671. The molecule has 16 aromatic rings. The van der Waals surface area contributed by atoms with E-state index in [0.717, 1.165) is 51.4 Å². The van der Waals surface area contributed by atoms with Crippen molar-refractivity contribution < 1.29 is 94.0 Å². The fourth-order valence-corrected chi connectivity index (χ4v) is 15.6. The predicted octanol–water partition coefficient (Wildman–Crippen LogP) is 9.14. The topological polar surface area (TPSA) is 255 Å². The second kappa shape index (κ2) is 64.1. The van der Waals surface area contributed by atoms with Crippen LogP contribution in [0.5, 0.6) is 0 Å². The minimum absolute atomic E-state index is 0.451. The van der Waals surface area contributed by atoms with Gasteiger partial charge in [0.25, 0.3) is 0 Å². The lowest BCUT2D eigenvalue weighted by Crippen LogP contribution is -2.39. The molecule has 0 aliphatic rings. The van der Waals surface area contributed by atoms with E-state index in [1.165, 1.54) is 44.5 Å². The molecule has 0 aliphatic heterocycles. The predicted molar refractivity (Wildman–Crippen MR) is 511 cm³/mol. The Morgan fingerprint density at radius 3 is 0.324 bits per heavy atom. The molecule has 0 radical (unpaired) electrons. The van der Waals surface area contributed by atoms with E-state index in [0.29, 0.717) is 48.3 Å². The van der Waals surface area contributed by atoms with Crippen LogP contribution >= 0.6 is 0 Å². The molecule has 0 aliphatic carbocycles. The number of rotatable bonds is 24. The third-order valence-corrected chi connectivity index (χ3v) is 21.8. The molecule has 8 aromatic heterocycles. The minimum atomic E-state index is -3.17. The molecule has 0 amide bonds. The largest absolute Gasteiger partial charge is 0.867 e. The first kappa shape index (κ1) is 114. The van der Waals surface area contributed by atoms with Crippen molar-refractivity contribution in [3.8, 4) is 0 Å². The highest BCUT2D eigenvalue weighted by molar-refractivity contribution is 6.27. The molecule has 24 nitrogen and oxygen atoms in total. The van der Waals surface area contributed by atoms with Crippen LogP contribution in [0, 0.1) is 0 Å². The van der Waals surface area contributed by atoms with E-state index in [2.05, 4.69) is 521 Å². The summed E-state index contributed by atoms with van der Waals surface area (Å²) < 4.78 is 74.2. The Labute approximate surface area is 804 Å². The Morgan fingerprint density at radius 1 is 0.184 bits per heavy atom. The normalized spacial score (nSPS) is 12.0. The fourth-order valence-electron chi connectivity index (χ4n) is 15.6. The van der Waals surface area contributed by atoms with E-state index in [1.807, 2.05) is 56.4 Å². The van der Waals surface area contributed by atoms with Gasteiger partial charge in [0.1, 0.15) is 177 Å². The zero-order chi connectivity index (χ0) is 99.7. The van der Waals surface area contributed by atoms with Gasteiger partial charge in [-0.2, -0.15) is 0 Å². The van der Waals surface area contributed by atoms with Crippen molar-refractivity contribution in [3.05, 3.63) is 437 Å². The highest BCUT2D eigenvalue weighted by atomic mass is 19.1. The number of hydrogen-bond acceptors (Lipinski definition) is 8. The van der Waals surface area contributed by atoms with E-state index < -0.39 is 29.6 Å². The lowest BCUT2D eigenvalue weighted by atomic mass is 10.0. The van der Waals surface area contributed by atoms with E-state index in [9.17, 15) is 17.3 Å². The molecule has 0 fully saturated rings. The summed E-state index contributed by atoms with van der Waals surface area (Å²) in [6.45, 7) is 17.8. The van der Waals surface area contributed by atoms with Crippen LogP contribution in [0.25, 0.3) is 0 Å². The van der Waals surface area contributed by atoms with Crippen LogP contribution in [0.1, 0.15) is 200 Å². The Balaban J connectivity index is 0.000000268. The first-order valence-electron chi connectivity index (χ1n) is 45.8. The summed E-state index contributed by atoms with van der Waals surface area (Å²) in [5, 5.41) is 66.4. The van der Waals surface area contributed by atoms with Gasteiger partial charge in [-0.15, -0.1) is 0 Å². The minimum Gasteiger partial charge on any atom is -0.867 e. The van der Waals surface area contributed by atoms with Crippen molar-refractivity contribution in [2.45, 2.75) is 155 Å². The summed E-state index contributed by atoms with van der Waals surface area (Å²) in [5.41, 5.74) is 11.0. The molecule has 8 heterocycles. The highest BCUT2D eigenvalue weighted by Gasteiger charge is 2.23. The van der Waals surface area contributed by atoms with Crippen LogP contribution in [0.4, 0.5) is 17.3 Å². The van der Waals surface area contributed by atoms with Crippen LogP contribution < -0.4 is 76.7 Å². The Kier molecular flexibility index (Phi) is 53.6. The molecule has 8 unspecified atom stereocenters. The van der Waals surface area contributed by atoms with Crippen LogP contribution in [0.3, 0.4) is 0 Å². The monoisotopic (exact) mass is 1860 g/mol. The van der Waals surface area contributed by atoms with Crippen LogP contribution in [0.2, 0.25) is 0 Å². The van der Waals surface area contributed by atoms with Gasteiger partial charge in [0, 0.05) is 0 Å². The van der Waals surface area contributed by atoms with E-state index >= 15 is 0 Å². The maximum absolute atomic E-state index is 9.89. The second-order valence-corrected chi connectivity index (χ2v) is 32.0. The van der Waals surface area contributed by atoms with Gasteiger partial charge in [-0.3, -0.25) is 0 Å². The van der Waals surface area contributed by atoms with Gasteiger partial charge < -0.3 is 57.5 Å². The van der Waals surface area contributed by atoms with Crippen molar-refractivity contribution in [1.29, 1.82) is 0 Å². The SMILES string of the molecule is CCC(c1ccccc1)n1cc[n+](C)c1.CCC(c1ccccc1)n1cc[n+](C)c1.CCC(c1ccccc1)n1cc[n+](C)c1.CCC(c1ccccc1)n1cc[n+](C)c1.CCC(c1ccccc1)n1cc[n+](C)c1.CCC(c1ccccc1)n1cc[n+](C)c1.CCC(c1ccccc1)n1cc[n+](C)c1.CCC(c1ccccc1)n1cc[n+](C)c1.[O-]B([O-])F.[O-]B([O-])F.[O-]B([O-])F.[O-]B([O-])F. The average molecular weight is 1860 g/mol. The first-order valence-corrected chi connectivity index (χ1v) is 45.8. The smallest absolute Gasteiger partial charge is 0.244 e. The first-order chi connectivity index (χ1) is 65.4. The Bertz CT molecular complexity index is 4630. The molecule has 16 rings (SSSR count). The molecule has 0 saturated carbocycles. The molecule has 720 valence electrons. The zero-order valence-electron chi connectivity index (χ0n) is 81.5. The summed E-state index contributed by atoms with van der Waals surface area (Å²) in [5.74, 6) is 0. The molecule has 32 heteroatoms. The van der Waals surface area contributed by atoms with Crippen LogP contribution in [-0.2, 0) is 56.4 Å². The van der Waals surface area contributed by atoms with E-state index in [4.69, 9.17) is 40.2 Å². The molecule has 0 bridgehead atoms. The summed E-state index contributed by atoms with van der Waals surface area (Å²) in [7, 11) is 3.73. The van der Waals surface area contributed by atoms with Gasteiger partial charge in [-0.1, -0.05) is 298 Å². The van der Waals surface area contributed by atoms with Gasteiger partial charge in [0.15, 0.2) is 0 Å². The number of aryl methyl sites for hydroxylation is 8. The lowest BCUT2D eigenvalue weighted by Gasteiger charge is -2.11. The number of nitrogens with zero attached hydrogens (tertiary/aromatic N) is 16. The quantitative estimate of drug-likeness (QED) is 0.0319. The van der Waals surface area contributed by atoms with Crippen molar-refractivity contribution >= 4 is 29.6 Å². The summed E-state index contributed by atoms with van der Waals surface area (Å²) in [4.78, 5) is 0. The molecular formula is C104H136B4F4N16O8.